The van der Waals surface area contributed by atoms with Crippen molar-refractivity contribution in [1.82, 2.24) is 9.88 Å². The molecular weight excluding hydrogens is 279 g/mol. The Balaban J connectivity index is 1.71. The van der Waals surface area contributed by atoms with E-state index in [0.29, 0.717) is 5.92 Å². The van der Waals surface area contributed by atoms with Crippen LogP contribution in [0.1, 0.15) is 45.2 Å². The van der Waals surface area contributed by atoms with Gasteiger partial charge in [-0.05, 0) is 37.1 Å². The van der Waals surface area contributed by atoms with Gasteiger partial charge in [-0.2, -0.15) is 0 Å². The normalized spacial score (nSPS) is 17.2. The van der Waals surface area contributed by atoms with Crippen molar-refractivity contribution in [2.24, 2.45) is 5.41 Å². The van der Waals surface area contributed by atoms with Crippen molar-refractivity contribution in [3.05, 3.63) is 35.8 Å². The summed E-state index contributed by atoms with van der Waals surface area (Å²) in [5.41, 5.74) is 1.82. The number of rotatable bonds is 1. The second-order valence-electron chi connectivity index (χ2n) is 7.27. The van der Waals surface area contributed by atoms with E-state index in [0.717, 1.165) is 42.5 Å². The number of H-pyrrole nitrogens is 1. The van der Waals surface area contributed by atoms with Crippen LogP contribution in [0.4, 0.5) is 4.39 Å². The molecule has 1 amide bonds. The van der Waals surface area contributed by atoms with Crippen LogP contribution < -0.4 is 0 Å². The lowest BCUT2D eigenvalue weighted by molar-refractivity contribution is -0.140. The lowest BCUT2D eigenvalue weighted by Crippen LogP contribution is -2.43. The standard InChI is InChI=1S/C18H23FN2O/c1-18(2,3)17(22)21-8-6-12(7-9-21)16-11-13-10-14(19)4-5-15(13)20-16/h4-5,10-12,20H,6-9H2,1-3H3. The van der Waals surface area contributed by atoms with Crippen molar-refractivity contribution in [1.29, 1.82) is 0 Å². The highest BCUT2D eigenvalue weighted by Crippen LogP contribution is 2.31. The van der Waals surface area contributed by atoms with Gasteiger partial charge in [-0.3, -0.25) is 4.79 Å². The Bertz CT molecular complexity index is 691. The quantitative estimate of drug-likeness (QED) is 0.847. The number of nitrogens with zero attached hydrogens (tertiary/aromatic N) is 1. The van der Waals surface area contributed by atoms with Gasteiger partial charge in [0.1, 0.15) is 5.82 Å². The van der Waals surface area contributed by atoms with E-state index in [2.05, 4.69) is 4.98 Å². The van der Waals surface area contributed by atoms with Crippen molar-refractivity contribution < 1.29 is 9.18 Å². The third-order valence-electron chi connectivity index (χ3n) is 4.47. The van der Waals surface area contributed by atoms with Crippen LogP contribution in [0.5, 0.6) is 0 Å². The van der Waals surface area contributed by atoms with E-state index in [1.165, 1.54) is 6.07 Å². The summed E-state index contributed by atoms with van der Waals surface area (Å²) in [4.78, 5) is 17.7. The lowest BCUT2D eigenvalue weighted by atomic mass is 9.90. The number of piperidine rings is 1. The molecule has 3 rings (SSSR count). The van der Waals surface area contributed by atoms with E-state index < -0.39 is 0 Å². The molecule has 1 aromatic carbocycles. The average molecular weight is 302 g/mol. The molecule has 118 valence electrons. The number of aromatic amines is 1. The van der Waals surface area contributed by atoms with E-state index in [-0.39, 0.29) is 17.1 Å². The van der Waals surface area contributed by atoms with Crippen LogP contribution in [-0.2, 0) is 4.79 Å². The fraction of sp³-hybridized carbons (Fsp3) is 0.500. The highest BCUT2D eigenvalue weighted by Gasteiger charge is 2.31. The largest absolute Gasteiger partial charge is 0.358 e. The fourth-order valence-corrected chi connectivity index (χ4v) is 3.21. The molecule has 0 atom stereocenters. The Morgan fingerprint density at radius 2 is 1.91 bits per heavy atom. The Morgan fingerprint density at radius 3 is 2.55 bits per heavy atom. The predicted octanol–water partition coefficient (Wildman–Crippen LogP) is 4.06. The summed E-state index contributed by atoms with van der Waals surface area (Å²) < 4.78 is 13.3. The highest BCUT2D eigenvalue weighted by atomic mass is 19.1. The summed E-state index contributed by atoms with van der Waals surface area (Å²) in [6.07, 6.45) is 1.91. The van der Waals surface area contributed by atoms with Crippen LogP contribution in [0.25, 0.3) is 10.9 Å². The molecule has 0 bridgehead atoms. The molecule has 1 fully saturated rings. The molecule has 1 aromatic heterocycles. The molecule has 1 aliphatic rings. The zero-order chi connectivity index (χ0) is 15.9. The van der Waals surface area contributed by atoms with Gasteiger partial charge in [0.05, 0.1) is 0 Å². The molecule has 0 unspecified atom stereocenters. The fourth-order valence-electron chi connectivity index (χ4n) is 3.21. The van der Waals surface area contributed by atoms with Gasteiger partial charge in [-0.15, -0.1) is 0 Å². The first-order valence-corrected chi connectivity index (χ1v) is 7.92. The molecule has 3 nitrogen and oxygen atoms in total. The lowest BCUT2D eigenvalue weighted by Gasteiger charge is -2.35. The van der Waals surface area contributed by atoms with E-state index in [1.807, 2.05) is 31.7 Å². The molecule has 2 aromatic rings. The van der Waals surface area contributed by atoms with E-state index in [9.17, 15) is 9.18 Å². The molecule has 22 heavy (non-hydrogen) atoms. The van der Waals surface area contributed by atoms with Crippen molar-refractivity contribution in [3.8, 4) is 0 Å². The summed E-state index contributed by atoms with van der Waals surface area (Å²) in [5, 5.41) is 0.920. The SMILES string of the molecule is CC(C)(C)C(=O)N1CCC(c2cc3cc(F)ccc3[nH]2)CC1. The van der Waals surface area contributed by atoms with Crippen LogP contribution in [0.2, 0.25) is 0 Å². The Hall–Kier alpha value is -1.84. The van der Waals surface area contributed by atoms with Gasteiger partial charge in [0, 0.05) is 41.0 Å². The molecule has 0 aliphatic carbocycles. The maximum Gasteiger partial charge on any atom is 0.227 e. The number of benzene rings is 1. The Labute approximate surface area is 130 Å². The first kappa shape index (κ1) is 15.1. The first-order chi connectivity index (χ1) is 10.3. The third kappa shape index (κ3) is 2.87. The number of nitrogens with one attached hydrogen (secondary N) is 1. The van der Waals surface area contributed by atoms with Crippen LogP contribution in [-0.4, -0.2) is 28.9 Å². The van der Waals surface area contributed by atoms with Crippen LogP contribution >= 0.6 is 0 Å². The molecule has 0 spiro atoms. The molecule has 1 N–H and O–H groups in total. The molecule has 0 saturated carbocycles. The number of fused-ring (bicyclic) bond motifs is 1. The van der Waals surface area contributed by atoms with Crippen LogP contribution in [0.15, 0.2) is 24.3 Å². The Morgan fingerprint density at radius 1 is 1.23 bits per heavy atom. The molecule has 0 radical (unpaired) electrons. The zero-order valence-corrected chi connectivity index (χ0v) is 13.4. The molecule has 1 aliphatic heterocycles. The summed E-state index contributed by atoms with van der Waals surface area (Å²) in [7, 11) is 0. The average Bonchev–Trinajstić information content (AvgIpc) is 2.88. The van der Waals surface area contributed by atoms with Crippen molar-refractivity contribution in [3.63, 3.8) is 0 Å². The Kier molecular flexibility index (Phi) is 3.71. The van der Waals surface area contributed by atoms with Crippen molar-refractivity contribution >= 4 is 16.8 Å². The highest BCUT2D eigenvalue weighted by molar-refractivity contribution is 5.82. The van der Waals surface area contributed by atoms with Crippen LogP contribution in [0.3, 0.4) is 0 Å². The number of carbonyl (C=O) groups excluding carboxylic acids is 1. The van der Waals surface area contributed by atoms with Gasteiger partial charge in [-0.1, -0.05) is 20.8 Å². The van der Waals surface area contributed by atoms with Gasteiger partial charge in [0.25, 0.3) is 0 Å². The second-order valence-corrected chi connectivity index (χ2v) is 7.27. The predicted molar refractivity (Wildman–Crippen MR) is 86.3 cm³/mol. The number of aromatic nitrogens is 1. The van der Waals surface area contributed by atoms with Gasteiger partial charge in [-0.25, -0.2) is 4.39 Å². The number of likely N-dealkylation sites (tertiary alicyclic amines) is 1. The number of halogens is 1. The van der Waals surface area contributed by atoms with Gasteiger partial charge >= 0.3 is 0 Å². The smallest absolute Gasteiger partial charge is 0.227 e. The maximum absolute atomic E-state index is 13.3. The zero-order valence-electron chi connectivity index (χ0n) is 13.4. The van der Waals surface area contributed by atoms with Crippen molar-refractivity contribution in [2.75, 3.05) is 13.1 Å². The third-order valence-corrected chi connectivity index (χ3v) is 4.47. The summed E-state index contributed by atoms with van der Waals surface area (Å²) in [6.45, 7) is 7.49. The number of amides is 1. The molecular formula is C18H23FN2O. The number of hydrogen-bond donors (Lipinski definition) is 1. The maximum atomic E-state index is 13.3. The van der Waals surface area contributed by atoms with Gasteiger partial charge < -0.3 is 9.88 Å². The summed E-state index contributed by atoms with van der Waals surface area (Å²) in [5.74, 6) is 0.438. The van der Waals surface area contributed by atoms with E-state index in [4.69, 9.17) is 0 Å². The van der Waals surface area contributed by atoms with E-state index >= 15 is 0 Å². The van der Waals surface area contributed by atoms with Gasteiger partial charge in [0.2, 0.25) is 5.91 Å². The molecule has 1 saturated heterocycles. The monoisotopic (exact) mass is 302 g/mol. The van der Waals surface area contributed by atoms with E-state index in [1.54, 1.807) is 12.1 Å². The molecule has 4 heteroatoms. The van der Waals surface area contributed by atoms with Gasteiger partial charge in [0.15, 0.2) is 0 Å². The topological polar surface area (TPSA) is 36.1 Å². The summed E-state index contributed by atoms with van der Waals surface area (Å²) in [6, 6.07) is 6.87. The van der Waals surface area contributed by atoms with Crippen LogP contribution in [0, 0.1) is 11.2 Å². The second kappa shape index (κ2) is 5.41. The van der Waals surface area contributed by atoms with Crippen molar-refractivity contribution in [2.45, 2.75) is 39.5 Å². The minimum atomic E-state index is -0.314. The first-order valence-electron chi connectivity index (χ1n) is 7.92. The number of hydrogen-bond acceptors (Lipinski definition) is 1. The minimum Gasteiger partial charge on any atom is -0.358 e. The summed E-state index contributed by atoms with van der Waals surface area (Å²) >= 11 is 0. The molecule has 2 heterocycles. The number of carbonyl (C=O) groups is 1. The minimum absolute atomic E-state index is 0.205.